The Balaban J connectivity index is 1.54. The quantitative estimate of drug-likeness (QED) is 0.537. The second-order valence-electron chi connectivity index (χ2n) is 9.90. The first-order valence-corrected chi connectivity index (χ1v) is 11.8. The molecular weight excluding hydrogens is 444 g/mol. The summed E-state index contributed by atoms with van der Waals surface area (Å²) in [7, 11) is 0. The van der Waals surface area contributed by atoms with Gasteiger partial charge >= 0.3 is 6.09 Å². The number of amides is 2. The zero-order valence-electron chi connectivity index (χ0n) is 20.7. The normalized spacial score (nSPS) is 16.1. The van der Waals surface area contributed by atoms with E-state index in [9.17, 15) is 9.59 Å². The fourth-order valence-corrected chi connectivity index (χ4v) is 4.13. The van der Waals surface area contributed by atoms with Crippen molar-refractivity contribution in [2.45, 2.75) is 52.2 Å². The van der Waals surface area contributed by atoms with E-state index in [0.29, 0.717) is 30.1 Å². The highest BCUT2D eigenvalue weighted by Gasteiger charge is 2.30. The highest BCUT2D eigenvalue weighted by atomic mass is 16.6. The number of aryl methyl sites for hydroxylation is 1. The Morgan fingerprint density at radius 1 is 1.09 bits per heavy atom. The van der Waals surface area contributed by atoms with Gasteiger partial charge < -0.3 is 20.1 Å². The van der Waals surface area contributed by atoms with E-state index >= 15 is 0 Å². The molecule has 2 heterocycles. The van der Waals surface area contributed by atoms with Gasteiger partial charge in [-0.15, -0.1) is 0 Å². The minimum absolute atomic E-state index is 0.0768. The molecule has 35 heavy (non-hydrogen) atoms. The lowest BCUT2D eigenvalue weighted by atomic mass is 10.1. The van der Waals surface area contributed by atoms with Crippen LogP contribution in [0.15, 0.2) is 54.7 Å². The largest absolute Gasteiger partial charge is 0.457 e. The molecule has 2 N–H and O–H groups in total. The van der Waals surface area contributed by atoms with Gasteiger partial charge in [0, 0.05) is 24.8 Å². The second kappa shape index (κ2) is 9.82. The molecule has 0 unspecified atom stereocenters. The maximum absolute atomic E-state index is 12.6. The summed E-state index contributed by atoms with van der Waals surface area (Å²) in [6.07, 6.45) is 2.99. The topological polar surface area (TPSA) is 99.7 Å². The average molecular weight is 477 g/mol. The lowest BCUT2D eigenvalue weighted by Crippen LogP contribution is -2.43. The maximum atomic E-state index is 12.6. The number of aromatic nitrogens is 2. The Hall–Kier alpha value is -3.81. The molecule has 1 atom stereocenters. The highest BCUT2D eigenvalue weighted by Crippen LogP contribution is 2.30. The van der Waals surface area contributed by atoms with E-state index in [1.54, 1.807) is 15.8 Å². The van der Waals surface area contributed by atoms with Crippen LogP contribution in [0.2, 0.25) is 0 Å². The van der Waals surface area contributed by atoms with Gasteiger partial charge in [0.05, 0.1) is 11.6 Å². The van der Waals surface area contributed by atoms with Gasteiger partial charge in [-0.2, -0.15) is 5.10 Å². The summed E-state index contributed by atoms with van der Waals surface area (Å²) in [5.74, 6) is 0.887. The van der Waals surface area contributed by atoms with E-state index in [1.165, 1.54) is 0 Å². The number of piperidine rings is 1. The van der Waals surface area contributed by atoms with Crippen molar-refractivity contribution in [3.05, 3.63) is 65.9 Å². The highest BCUT2D eigenvalue weighted by molar-refractivity contribution is 5.98. The second-order valence-corrected chi connectivity index (χ2v) is 9.90. The summed E-state index contributed by atoms with van der Waals surface area (Å²) in [5, 5.41) is 4.72. The number of rotatable bonds is 5. The molecule has 8 nitrogen and oxygen atoms in total. The Morgan fingerprint density at radius 3 is 2.49 bits per heavy atom. The number of hydrogen-bond acceptors (Lipinski definition) is 5. The lowest BCUT2D eigenvalue weighted by Gasteiger charge is -2.34. The third-order valence-electron chi connectivity index (χ3n) is 5.77. The number of ether oxygens (including phenoxy) is 2. The van der Waals surface area contributed by atoms with Gasteiger partial charge in [-0.25, -0.2) is 4.79 Å². The number of primary amides is 1. The molecule has 1 aromatic heterocycles. The van der Waals surface area contributed by atoms with Crippen molar-refractivity contribution < 1.29 is 19.1 Å². The molecule has 184 valence electrons. The first-order chi connectivity index (χ1) is 16.6. The number of likely N-dealkylation sites (tertiary alicyclic amines) is 1. The summed E-state index contributed by atoms with van der Waals surface area (Å²) in [4.78, 5) is 26.5. The number of benzene rings is 2. The minimum atomic E-state index is -0.558. The molecule has 0 radical (unpaired) electrons. The van der Waals surface area contributed by atoms with Crippen LogP contribution in [0, 0.1) is 6.92 Å². The summed E-state index contributed by atoms with van der Waals surface area (Å²) in [6.45, 7) is 8.64. The van der Waals surface area contributed by atoms with E-state index in [2.05, 4.69) is 0 Å². The molecule has 0 bridgehead atoms. The molecule has 3 aromatic rings. The van der Waals surface area contributed by atoms with Gasteiger partial charge in [0.2, 0.25) is 0 Å². The fourth-order valence-electron chi connectivity index (χ4n) is 4.13. The molecule has 2 amide bonds. The third-order valence-corrected chi connectivity index (χ3v) is 5.77. The van der Waals surface area contributed by atoms with Gasteiger partial charge in [-0.1, -0.05) is 12.1 Å². The maximum Gasteiger partial charge on any atom is 0.410 e. The first-order valence-electron chi connectivity index (χ1n) is 11.8. The van der Waals surface area contributed by atoms with Gasteiger partial charge in [-0.05, 0) is 82.5 Å². The van der Waals surface area contributed by atoms with Crippen molar-refractivity contribution in [3.63, 3.8) is 0 Å². The zero-order valence-corrected chi connectivity index (χ0v) is 20.7. The van der Waals surface area contributed by atoms with Crippen LogP contribution in [0.3, 0.4) is 0 Å². The monoisotopic (exact) mass is 476 g/mol. The van der Waals surface area contributed by atoms with Crippen molar-refractivity contribution in [2.75, 3.05) is 13.1 Å². The van der Waals surface area contributed by atoms with Gasteiger partial charge in [0.25, 0.3) is 5.91 Å². The smallest absolute Gasteiger partial charge is 0.410 e. The SMILES string of the molecule is Cc1cccc(Oc2ccc(-c3nn([C@@H]4CCCN(C(=O)OC(C)(C)C)C4)cc3C(N)=O)cc2)c1. The number of hydrogen-bond donors (Lipinski definition) is 1. The van der Waals surface area contributed by atoms with Gasteiger partial charge in [0.15, 0.2) is 0 Å². The summed E-state index contributed by atoms with van der Waals surface area (Å²) < 4.78 is 13.2. The van der Waals surface area contributed by atoms with Crippen molar-refractivity contribution in [1.29, 1.82) is 0 Å². The molecule has 1 saturated heterocycles. The van der Waals surface area contributed by atoms with Crippen molar-refractivity contribution in [2.24, 2.45) is 5.73 Å². The molecule has 2 aromatic carbocycles. The van der Waals surface area contributed by atoms with Crippen LogP contribution >= 0.6 is 0 Å². The van der Waals surface area contributed by atoms with Crippen LogP contribution in [0.5, 0.6) is 11.5 Å². The van der Waals surface area contributed by atoms with E-state index in [0.717, 1.165) is 29.7 Å². The molecule has 0 spiro atoms. The molecule has 0 saturated carbocycles. The van der Waals surface area contributed by atoms with Crippen LogP contribution < -0.4 is 10.5 Å². The Kier molecular flexibility index (Phi) is 6.82. The van der Waals surface area contributed by atoms with Crippen LogP contribution in [0.4, 0.5) is 4.79 Å². The fraction of sp³-hybridized carbons (Fsp3) is 0.370. The number of carbonyl (C=O) groups is 2. The number of carbonyl (C=O) groups excluding carboxylic acids is 2. The average Bonchev–Trinajstić information content (AvgIpc) is 3.25. The van der Waals surface area contributed by atoms with Crippen LogP contribution in [-0.2, 0) is 4.74 Å². The Labute approximate surface area is 205 Å². The van der Waals surface area contributed by atoms with Crippen molar-refractivity contribution in [1.82, 2.24) is 14.7 Å². The lowest BCUT2D eigenvalue weighted by molar-refractivity contribution is 0.0167. The first kappa shape index (κ1) is 24.3. The van der Waals surface area contributed by atoms with Crippen LogP contribution in [-0.4, -0.2) is 45.4 Å². The Bertz CT molecular complexity index is 1210. The van der Waals surface area contributed by atoms with Crippen molar-refractivity contribution in [3.8, 4) is 22.8 Å². The van der Waals surface area contributed by atoms with E-state index in [4.69, 9.17) is 20.3 Å². The molecule has 1 fully saturated rings. The van der Waals surface area contributed by atoms with E-state index in [-0.39, 0.29) is 12.1 Å². The molecule has 1 aliphatic heterocycles. The number of nitrogens with two attached hydrogens (primary N) is 1. The van der Waals surface area contributed by atoms with Crippen molar-refractivity contribution >= 4 is 12.0 Å². The van der Waals surface area contributed by atoms with Gasteiger partial charge in [0.1, 0.15) is 22.8 Å². The minimum Gasteiger partial charge on any atom is -0.457 e. The van der Waals surface area contributed by atoms with Crippen LogP contribution in [0.1, 0.15) is 55.6 Å². The summed E-state index contributed by atoms with van der Waals surface area (Å²) in [6, 6.07) is 15.1. The predicted octanol–water partition coefficient (Wildman–Crippen LogP) is 5.32. The standard InChI is InChI=1S/C27H32N4O4/c1-18-7-5-9-22(15-18)34-21-12-10-19(11-13-21)24-23(25(28)32)17-31(29-24)20-8-6-14-30(16-20)26(33)35-27(2,3)4/h5,7,9-13,15,17,20H,6,8,14,16H2,1-4H3,(H2,28,32)/t20-/m1/s1. The molecule has 4 rings (SSSR count). The summed E-state index contributed by atoms with van der Waals surface area (Å²) >= 11 is 0. The number of nitrogens with zero attached hydrogens (tertiary/aromatic N) is 3. The summed E-state index contributed by atoms with van der Waals surface area (Å²) in [5.41, 5.74) is 7.85. The predicted molar refractivity (Wildman–Crippen MR) is 134 cm³/mol. The third kappa shape index (κ3) is 6.01. The zero-order chi connectivity index (χ0) is 25.2. The van der Waals surface area contributed by atoms with E-state index < -0.39 is 11.5 Å². The van der Waals surface area contributed by atoms with Gasteiger partial charge in [-0.3, -0.25) is 9.48 Å². The van der Waals surface area contributed by atoms with E-state index in [1.807, 2.05) is 76.2 Å². The Morgan fingerprint density at radius 2 is 1.83 bits per heavy atom. The molecule has 0 aliphatic carbocycles. The molecular formula is C27H32N4O4. The molecule has 1 aliphatic rings. The molecule has 8 heteroatoms. The van der Waals surface area contributed by atoms with Crippen LogP contribution in [0.25, 0.3) is 11.3 Å².